The van der Waals surface area contributed by atoms with Gasteiger partial charge in [0.2, 0.25) is 0 Å². The fourth-order valence-electron chi connectivity index (χ4n) is 1.90. The lowest BCUT2D eigenvalue weighted by atomic mass is 10.2. The van der Waals surface area contributed by atoms with Crippen LogP contribution < -0.4 is 10.1 Å². The molecular weight excluding hydrogens is 298 g/mol. The molecule has 0 saturated carbocycles. The average molecular weight is 319 g/mol. The first-order valence-corrected chi connectivity index (χ1v) is 8.02. The second-order valence-corrected chi connectivity index (χ2v) is 6.19. The van der Waals surface area contributed by atoms with Gasteiger partial charge in [-0.25, -0.2) is 9.78 Å². The largest absolute Gasteiger partial charge is 0.491 e. The molecule has 0 fully saturated rings. The lowest BCUT2D eigenvalue weighted by molar-refractivity contribution is 0.195. The van der Waals surface area contributed by atoms with Gasteiger partial charge in [0, 0.05) is 18.6 Å². The molecule has 1 heterocycles. The molecule has 118 valence electrons. The molecule has 1 aromatic carbocycles. The quantitative estimate of drug-likeness (QED) is 0.890. The minimum Gasteiger partial charge on any atom is -0.491 e. The van der Waals surface area contributed by atoms with Crippen LogP contribution in [-0.4, -0.2) is 35.6 Å². The standard InChI is InChI=1S/C16H21N3O2S/c1-12-6-4-5-7-14(12)21-11-13(2)18-16(20)19(3)10-15-17-8-9-22-15/h4-9,13H,10-11H2,1-3H3,(H,18,20). The predicted molar refractivity (Wildman–Crippen MR) is 88.2 cm³/mol. The zero-order valence-electron chi connectivity index (χ0n) is 13.1. The highest BCUT2D eigenvalue weighted by Gasteiger charge is 2.14. The van der Waals surface area contributed by atoms with E-state index in [0.29, 0.717) is 13.2 Å². The molecule has 0 aliphatic rings. The normalized spacial score (nSPS) is 11.8. The van der Waals surface area contributed by atoms with Crippen molar-refractivity contribution in [3.8, 4) is 5.75 Å². The Morgan fingerprint density at radius 3 is 2.91 bits per heavy atom. The Hall–Kier alpha value is -2.08. The Kier molecular flexibility index (Phi) is 5.77. The van der Waals surface area contributed by atoms with Gasteiger partial charge in [0.1, 0.15) is 17.4 Å². The molecule has 1 aromatic heterocycles. The third-order valence-corrected chi connectivity index (χ3v) is 3.92. The molecule has 0 bridgehead atoms. The molecule has 2 aromatic rings. The monoisotopic (exact) mass is 319 g/mol. The molecule has 1 atom stereocenters. The van der Waals surface area contributed by atoms with Gasteiger partial charge in [-0.2, -0.15) is 0 Å². The number of aromatic nitrogens is 1. The van der Waals surface area contributed by atoms with Gasteiger partial charge in [-0.05, 0) is 25.5 Å². The highest BCUT2D eigenvalue weighted by atomic mass is 32.1. The summed E-state index contributed by atoms with van der Waals surface area (Å²) in [6, 6.07) is 7.63. The number of benzene rings is 1. The molecule has 5 nitrogen and oxygen atoms in total. The number of thiazole rings is 1. The van der Waals surface area contributed by atoms with Crippen LogP contribution in [-0.2, 0) is 6.54 Å². The molecule has 1 unspecified atom stereocenters. The summed E-state index contributed by atoms with van der Waals surface area (Å²) in [7, 11) is 1.76. The zero-order valence-corrected chi connectivity index (χ0v) is 13.9. The molecule has 2 rings (SSSR count). The van der Waals surface area contributed by atoms with Crippen LogP contribution in [0.2, 0.25) is 0 Å². The molecule has 0 aliphatic carbocycles. The van der Waals surface area contributed by atoms with E-state index in [1.165, 1.54) is 11.3 Å². The van der Waals surface area contributed by atoms with E-state index in [1.807, 2.05) is 43.5 Å². The van der Waals surface area contributed by atoms with Gasteiger partial charge in [0.05, 0.1) is 12.6 Å². The third-order valence-electron chi connectivity index (χ3n) is 3.15. The number of nitrogens with one attached hydrogen (secondary N) is 1. The maximum absolute atomic E-state index is 12.1. The highest BCUT2D eigenvalue weighted by Crippen LogP contribution is 2.16. The molecule has 1 N–H and O–H groups in total. The second-order valence-electron chi connectivity index (χ2n) is 5.21. The van der Waals surface area contributed by atoms with E-state index in [2.05, 4.69) is 10.3 Å². The van der Waals surface area contributed by atoms with E-state index in [9.17, 15) is 4.79 Å². The summed E-state index contributed by atoms with van der Waals surface area (Å²) in [5.74, 6) is 0.847. The number of carbonyl (C=O) groups is 1. The molecule has 0 saturated heterocycles. The van der Waals surface area contributed by atoms with Crippen molar-refractivity contribution < 1.29 is 9.53 Å². The Balaban J connectivity index is 1.77. The van der Waals surface area contributed by atoms with Crippen molar-refractivity contribution in [2.45, 2.75) is 26.4 Å². The van der Waals surface area contributed by atoms with Gasteiger partial charge in [-0.1, -0.05) is 18.2 Å². The number of rotatable bonds is 6. The molecule has 0 spiro atoms. The average Bonchev–Trinajstić information content (AvgIpc) is 2.99. The number of nitrogens with zero attached hydrogens (tertiary/aromatic N) is 2. The van der Waals surface area contributed by atoms with E-state index in [1.54, 1.807) is 18.1 Å². The summed E-state index contributed by atoms with van der Waals surface area (Å²) in [6.45, 7) is 4.87. The number of hydrogen-bond donors (Lipinski definition) is 1. The Morgan fingerprint density at radius 2 is 2.23 bits per heavy atom. The second kappa shape index (κ2) is 7.79. The number of ether oxygens (including phenoxy) is 1. The number of amides is 2. The van der Waals surface area contributed by atoms with Crippen molar-refractivity contribution in [2.75, 3.05) is 13.7 Å². The van der Waals surface area contributed by atoms with E-state index < -0.39 is 0 Å². The zero-order chi connectivity index (χ0) is 15.9. The topological polar surface area (TPSA) is 54.5 Å². The van der Waals surface area contributed by atoms with Gasteiger partial charge in [-0.15, -0.1) is 11.3 Å². The minimum atomic E-state index is -0.129. The first-order chi connectivity index (χ1) is 10.6. The fourth-order valence-corrected chi connectivity index (χ4v) is 2.57. The molecule has 2 amide bonds. The van der Waals surface area contributed by atoms with Crippen molar-refractivity contribution in [3.05, 3.63) is 46.4 Å². The van der Waals surface area contributed by atoms with Gasteiger partial charge in [0.15, 0.2) is 0 Å². The van der Waals surface area contributed by atoms with Crippen molar-refractivity contribution in [3.63, 3.8) is 0 Å². The van der Waals surface area contributed by atoms with Gasteiger partial charge in [0.25, 0.3) is 0 Å². The smallest absolute Gasteiger partial charge is 0.317 e. The molecule has 0 aliphatic heterocycles. The SMILES string of the molecule is Cc1ccccc1OCC(C)NC(=O)N(C)Cc1nccs1. The predicted octanol–water partition coefficient (Wildman–Crippen LogP) is 3.06. The Morgan fingerprint density at radius 1 is 1.45 bits per heavy atom. The molecule has 0 radical (unpaired) electrons. The summed E-state index contributed by atoms with van der Waals surface area (Å²) in [5.41, 5.74) is 1.09. The summed E-state index contributed by atoms with van der Waals surface area (Å²) < 4.78 is 5.74. The maximum atomic E-state index is 12.1. The Labute approximate surface area is 134 Å². The van der Waals surface area contributed by atoms with Crippen LogP contribution >= 0.6 is 11.3 Å². The van der Waals surface area contributed by atoms with Crippen LogP contribution in [0.15, 0.2) is 35.8 Å². The number of hydrogen-bond acceptors (Lipinski definition) is 4. The summed E-state index contributed by atoms with van der Waals surface area (Å²) in [4.78, 5) is 17.9. The van der Waals surface area contributed by atoms with Crippen LogP contribution in [0.3, 0.4) is 0 Å². The number of aryl methyl sites for hydroxylation is 1. The maximum Gasteiger partial charge on any atom is 0.317 e. The van der Waals surface area contributed by atoms with Gasteiger partial charge < -0.3 is 15.0 Å². The lowest BCUT2D eigenvalue weighted by Gasteiger charge is -2.21. The van der Waals surface area contributed by atoms with Crippen LogP contribution in [0.4, 0.5) is 4.79 Å². The summed E-state index contributed by atoms with van der Waals surface area (Å²) >= 11 is 1.54. The van der Waals surface area contributed by atoms with Crippen LogP contribution in [0.5, 0.6) is 5.75 Å². The molecular formula is C16H21N3O2S. The fraction of sp³-hybridized carbons (Fsp3) is 0.375. The highest BCUT2D eigenvalue weighted by molar-refractivity contribution is 7.09. The van der Waals surface area contributed by atoms with Crippen molar-refractivity contribution >= 4 is 17.4 Å². The first kappa shape index (κ1) is 16.3. The van der Waals surface area contributed by atoms with Crippen molar-refractivity contribution in [2.24, 2.45) is 0 Å². The molecule has 22 heavy (non-hydrogen) atoms. The number of para-hydroxylation sites is 1. The van der Waals surface area contributed by atoms with E-state index >= 15 is 0 Å². The van der Waals surface area contributed by atoms with E-state index in [4.69, 9.17) is 4.74 Å². The Bertz CT molecular complexity index is 601. The van der Waals surface area contributed by atoms with Crippen LogP contribution in [0, 0.1) is 6.92 Å². The third kappa shape index (κ3) is 4.73. The number of carbonyl (C=O) groups excluding carboxylic acids is 1. The van der Waals surface area contributed by atoms with Crippen molar-refractivity contribution in [1.29, 1.82) is 0 Å². The van der Waals surface area contributed by atoms with E-state index in [-0.39, 0.29) is 12.1 Å². The number of urea groups is 1. The first-order valence-electron chi connectivity index (χ1n) is 7.14. The summed E-state index contributed by atoms with van der Waals surface area (Å²) in [6.07, 6.45) is 1.74. The summed E-state index contributed by atoms with van der Waals surface area (Å²) in [5, 5.41) is 5.74. The van der Waals surface area contributed by atoms with Crippen molar-refractivity contribution in [1.82, 2.24) is 15.2 Å². The van der Waals surface area contributed by atoms with E-state index in [0.717, 1.165) is 16.3 Å². The van der Waals surface area contributed by atoms with Gasteiger partial charge in [-0.3, -0.25) is 0 Å². The van der Waals surface area contributed by atoms with Crippen LogP contribution in [0.1, 0.15) is 17.5 Å². The van der Waals surface area contributed by atoms with Crippen LogP contribution in [0.25, 0.3) is 0 Å². The molecule has 6 heteroatoms. The minimum absolute atomic E-state index is 0.0779. The lowest BCUT2D eigenvalue weighted by Crippen LogP contribution is -2.43. The van der Waals surface area contributed by atoms with Gasteiger partial charge >= 0.3 is 6.03 Å².